The normalized spacial score (nSPS) is 16.5. The highest BCUT2D eigenvalue weighted by Crippen LogP contribution is 2.42. The van der Waals surface area contributed by atoms with Gasteiger partial charge in [0.2, 0.25) is 17.7 Å². The fourth-order valence-corrected chi connectivity index (χ4v) is 6.46. The summed E-state index contributed by atoms with van der Waals surface area (Å²) in [7, 11) is 1.60. The Balaban J connectivity index is 1.25. The predicted molar refractivity (Wildman–Crippen MR) is 176 cm³/mol. The number of methoxy groups -OCH3 is 1. The van der Waals surface area contributed by atoms with Crippen LogP contribution in [0, 0.1) is 0 Å². The number of β-amino-alcohol motifs (C(OH)–C–C–N with tert-alkyl or cyclic N) is 1. The summed E-state index contributed by atoms with van der Waals surface area (Å²) in [5, 5.41) is 16.8. The fourth-order valence-electron chi connectivity index (χ4n) is 5.81. The standard InChI is InChI=1S/C34H35Cl2N5O4/c1-44-33-21(18-37-19-23-10-13-30(43)38-23)8-11-28(39-33)26-6-2-4-24(31(26)35)25-5-3-7-27(32(25)36)29-12-9-22-20-41(14-16-42)15-17-45-34(22)40-29/h2-9,11-12,23,37,42H,10,13-20H2,1H3,(H,38,43)/t23-/m0/s1. The van der Waals surface area contributed by atoms with E-state index in [2.05, 4.69) is 15.5 Å². The van der Waals surface area contributed by atoms with Gasteiger partial charge in [-0.25, -0.2) is 9.97 Å². The maximum Gasteiger partial charge on any atom is 0.220 e. The quantitative estimate of drug-likeness (QED) is 0.211. The van der Waals surface area contributed by atoms with E-state index in [0.29, 0.717) is 72.4 Å². The van der Waals surface area contributed by atoms with Crippen molar-refractivity contribution in [3.8, 4) is 45.4 Å². The first-order chi connectivity index (χ1) is 21.9. The molecule has 0 spiro atoms. The Morgan fingerprint density at radius 2 is 1.69 bits per heavy atom. The van der Waals surface area contributed by atoms with Crippen molar-refractivity contribution in [1.82, 2.24) is 25.5 Å². The van der Waals surface area contributed by atoms with Crippen LogP contribution in [0.25, 0.3) is 33.6 Å². The number of pyridine rings is 2. The minimum Gasteiger partial charge on any atom is -0.481 e. The second-order valence-corrected chi connectivity index (χ2v) is 11.9. The highest BCUT2D eigenvalue weighted by atomic mass is 35.5. The van der Waals surface area contributed by atoms with E-state index in [-0.39, 0.29) is 18.6 Å². The van der Waals surface area contributed by atoms with E-state index in [9.17, 15) is 9.90 Å². The number of rotatable bonds is 10. The van der Waals surface area contributed by atoms with Gasteiger partial charge in [-0.2, -0.15) is 0 Å². The van der Waals surface area contributed by atoms with Crippen molar-refractivity contribution >= 4 is 29.1 Å². The van der Waals surface area contributed by atoms with E-state index in [0.717, 1.165) is 46.3 Å². The highest BCUT2D eigenvalue weighted by Gasteiger charge is 2.22. The number of fused-ring (bicyclic) bond motifs is 1. The Kier molecular flexibility index (Phi) is 9.82. The number of nitrogens with one attached hydrogen (secondary N) is 2. The zero-order chi connectivity index (χ0) is 31.3. The number of carbonyl (C=O) groups excluding carboxylic acids is 1. The van der Waals surface area contributed by atoms with E-state index in [4.69, 9.17) is 42.6 Å². The van der Waals surface area contributed by atoms with Crippen molar-refractivity contribution in [3.05, 3.63) is 81.8 Å². The second-order valence-electron chi connectivity index (χ2n) is 11.1. The van der Waals surface area contributed by atoms with Crippen LogP contribution in [0.4, 0.5) is 0 Å². The van der Waals surface area contributed by atoms with Gasteiger partial charge in [-0.05, 0) is 18.6 Å². The maximum absolute atomic E-state index is 11.5. The van der Waals surface area contributed by atoms with Crippen LogP contribution in [0.1, 0.15) is 24.0 Å². The van der Waals surface area contributed by atoms with Crippen molar-refractivity contribution in [2.75, 3.05) is 40.0 Å². The van der Waals surface area contributed by atoms with Crippen LogP contribution in [-0.4, -0.2) is 71.9 Å². The molecule has 3 N–H and O–H groups in total. The SMILES string of the molecule is COc1nc(-c2cccc(-c3cccc(-c4ccc5c(n4)OCCN(CCO)C5)c3Cl)c2Cl)ccc1CNC[C@@H]1CCC(=O)N1. The summed E-state index contributed by atoms with van der Waals surface area (Å²) in [5.41, 5.74) is 6.34. The molecular weight excluding hydrogens is 613 g/mol. The van der Waals surface area contributed by atoms with Crippen LogP contribution >= 0.6 is 23.2 Å². The molecule has 0 radical (unpaired) electrons. The van der Waals surface area contributed by atoms with Gasteiger partial charge < -0.3 is 25.2 Å². The lowest BCUT2D eigenvalue weighted by molar-refractivity contribution is -0.119. The van der Waals surface area contributed by atoms with Gasteiger partial charge in [0.1, 0.15) is 6.61 Å². The molecule has 2 aromatic heterocycles. The minimum absolute atomic E-state index is 0.0999. The van der Waals surface area contributed by atoms with Crippen LogP contribution in [0.15, 0.2) is 60.7 Å². The number of aromatic nitrogens is 2. The van der Waals surface area contributed by atoms with Crippen LogP contribution in [0.5, 0.6) is 11.8 Å². The molecule has 2 aromatic carbocycles. The zero-order valence-corrected chi connectivity index (χ0v) is 26.5. The molecule has 1 fully saturated rings. The molecule has 9 nitrogen and oxygen atoms in total. The monoisotopic (exact) mass is 647 g/mol. The molecule has 2 aliphatic rings. The summed E-state index contributed by atoms with van der Waals surface area (Å²) in [6.45, 7) is 3.81. The molecule has 1 amide bonds. The van der Waals surface area contributed by atoms with E-state index in [1.54, 1.807) is 7.11 Å². The van der Waals surface area contributed by atoms with Crippen molar-refractivity contribution in [1.29, 1.82) is 0 Å². The number of benzene rings is 2. The molecule has 11 heteroatoms. The maximum atomic E-state index is 11.5. The minimum atomic E-state index is 0.0999. The van der Waals surface area contributed by atoms with Crippen LogP contribution in [0.2, 0.25) is 10.0 Å². The largest absolute Gasteiger partial charge is 0.481 e. The van der Waals surface area contributed by atoms with Gasteiger partial charge in [-0.3, -0.25) is 9.69 Å². The van der Waals surface area contributed by atoms with Gasteiger partial charge in [-0.1, -0.05) is 71.7 Å². The number of aliphatic hydroxyl groups excluding tert-OH is 1. The summed E-state index contributed by atoms with van der Waals surface area (Å²) in [4.78, 5) is 23.2. The van der Waals surface area contributed by atoms with E-state index in [1.807, 2.05) is 60.7 Å². The van der Waals surface area contributed by atoms with Gasteiger partial charge in [0.05, 0.1) is 35.1 Å². The lowest BCUT2D eigenvalue weighted by Gasteiger charge is -2.17. The van der Waals surface area contributed by atoms with Crippen molar-refractivity contribution in [2.24, 2.45) is 0 Å². The third-order valence-corrected chi connectivity index (χ3v) is 8.97. The number of ether oxygens (including phenoxy) is 2. The number of hydrogen-bond donors (Lipinski definition) is 3. The summed E-state index contributed by atoms with van der Waals surface area (Å²) >= 11 is 14.1. The molecule has 4 heterocycles. The van der Waals surface area contributed by atoms with Crippen molar-refractivity contribution < 1.29 is 19.4 Å². The number of aliphatic hydroxyl groups is 1. The molecule has 2 aliphatic heterocycles. The molecular formula is C34H35Cl2N5O4. The van der Waals surface area contributed by atoms with E-state index in [1.165, 1.54) is 0 Å². The number of carbonyl (C=O) groups is 1. The third-order valence-electron chi connectivity index (χ3n) is 8.16. The van der Waals surface area contributed by atoms with E-state index >= 15 is 0 Å². The molecule has 1 atom stereocenters. The first-order valence-corrected chi connectivity index (χ1v) is 15.8. The summed E-state index contributed by atoms with van der Waals surface area (Å²) in [6.07, 6.45) is 1.41. The number of halogens is 2. The Labute approximate surface area is 272 Å². The van der Waals surface area contributed by atoms with Crippen molar-refractivity contribution in [2.45, 2.75) is 32.0 Å². The smallest absolute Gasteiger partial charge is 0.220 e. The summed E-state index contributed by atoms with van der Waals surface area (Å²) in [5.74, 6) is 1.19. The lowest BCUT2D eigenvalue weighted by atomic mass is 9.98. The molecule has 234 valence electrons. The molecule has 0 bridgehead atoms. The lowest BCUT2D eigenvalue weighted by Crippen LogP contribution is -2.35. The molecule has 6 rings (SSSR count). The Hall–Kier alpha value is -3.73. The third kappa shape index (κ3) is 6.93. The Bertz CT molecular complexity index is 1700. The van der Waals surface area contributed by atoms with Gasteiger partial charge in [0.25, 0.3) is 0 Å². The predicted octanol–water partition coefficient (Wildman–Crippen LogP) is 5.35. The zero-order valence-electron chi connectivity index (χ0n) is 25.0. The number of amides is 1. The highest BCUT2D eigenvalue weighted by molar-refractivity contribution is 6.39. The number of nitrogens with zero attached hydrogens (tertiary/aromatic N) is 3. The molecule has 0 saturated carbocycles. The average molecular weight is 649 g/mol. The summed E-state index contributed by atoms with van der Waals surface area (Å²) in [6, 6.07) is 19.6. The molecule has 0 unspecified atom stereocenters. The van der Waals surface area contributed by atoms with Gasteiger partial charge in [0, 0.05) is 78.6 Å². The molecule has 4 aromatic rings. The average Bonchev–Trinajstić information content (AvgIpc) is 3.35. The second kappa shape index (κ2) is 14.1. The van der Waals surface area contributed by atoms with Gasteiger partial charge in [0.15, 0.2) is 0 Å². The molecule has 1 saturated heterocycles. The van der Waals surface area contributed by atoms with Crippen LogP contribution in [0.3, 0.4) is 0 Å². The summed E-state index contributed by atoms with van der Waals surface area (Å²) < 4.78 is 11.6. The fraction of sp³-hybridized carbons (Fsp3) is 0.324. The van der Waals surface area contributed by atoms with Crippen molar-refractivity contribution in [3.63, 3.8) is 0 Å². The van der Waals surface area contributed by atoms with Crippen LogP contribution < -0.4 is 20.1 Å². The molecule has 45 heavy (non-hydrogen) atoms. The number of hydrogen-bond acceptors (Lipinski definition) is 8. The first kappa shape index (κ1) is 31.3. The van der Waals surface area contributed by atoms with Gasteiger partial charge >= 0.3 is 0 Å². The van der Waals surface area contributed by atoms with Crippen LogP contribution in [-0.2, 0) is 17.9 Å². The Morgan fingerprint density at radius 1 is 1.00 bits per heavy atom. The topological polar surface area (TPSA) is 109 Å². The van der Waals surface area contributed by atoms with Gasteiger partial charge in [-0.15, -0.1) is 0 Å². The first-order valence-electron chi connectivity index (χ1n) is 15.0. The molecule has 0 aliphatic carbocycles. The Morgan fingerprint density at radius 3 is 2.36 bits per heavy atom. The van der Waals surface area contributed by atoms with E-state index < -0.39 is 0 Å².